The molecule has 0 saturated carbocycles. The Labute approximate surface area is 121 Å². The number of hydrogen-bond donors (Lipinski definition) is 0. The predicted molar refractivity (Wildman–Crippen MR) is 78.2 cm³/mol. The molecule has 1 aromatic heterocycles. The summed E-state index contributed by atoms with van der Waals surface area (Å²) < 4.78 is 18.9. The molecule has 0 saturated heterocycles. The van der Waals surface area contributed by atoms with Crippen molar-refractivity contribution < 1.29 is 13.9 Å². The highest BCUT2D eigenvalue weighted by Gasteiger charge is 2.11. The van der Waals surface area contributed by atoms with Gasteiger partial charge in [0.15, 0.2) is 5.78 Å². The summed E-state index contributed by atoms with van der Waals surface area (Å²) in [5, 5.41) is 0.996. The lowest BCUT2D eigenvalue weighted by atomic mass is 10.1. The van der Waals surface area contributed by atoms with Crippen LogP contribution in [0, 0.1) is 5.82 Å². The maximum absolute atomic E-state index is 13.2. The molecule has 3 rings (SSSR count). The Balaban J connectivity index is 2.00. The first-order chi connectivity index (χ1) is 10.1. The average molecular weight is 281 g/mol. The van der Waals surface area contributed by atoms with Crippen LogP contribution in [0.15, 0.2) is 54.7 Å². The predicted octanol–water partition coefficient (Wildman–Crippen LogP) is 4.37. The van der Waals surface area contributed by atoms with Crippen LogP contribution in [0.25, 0.3) is 10.9 Å². The van der Waals surface area contributed by atoms with Crippen LogP contribution >= 0.6 is 0 Å². The van der Waals surface area contributed by atoms with Crippen molar-refractivity contribution in [3.63, 3.8) is 0 Å². The SMILES string of the molecule is CC(=O)c1cc(F)ccc1Oc1ccc2cccnc2c1. The smallest absolute Gasteiger partial charge is 0.163 e. The molecule has 0 bridgehead atoms. The third-order valence-corrected chi connectivity index (χ3v) is 3.13. The molecule has 0 unspecified atom stereocenters. The van der Waals surface area contributed by atoms with Gasteiger partial charge in [-0.05, 0) is 43.3 Å². The normalized spacial score (nSPS) is 10.6. The Kier molecular flexibility index (Phi) is 3.36. The first-order valence-electron chi connectivity index (χ1n) is 6.46. The fourth-order valence-electron chi connectivity index (χ4n) is 2.10. The molecule has 1 heterocycles. The van der Waals surface area contributed by atoms with Crippen LogP contribution in [-0.2, 0) is 0 Å². The van der Waals surface area contributed by atoms with Crippen LogP contribution in [0.3, 0.4) is 0 Å². The van der Waals surface area contributed by atoms with Gasteiger partial charge in [0.1, 0.15) is 17.3 Å². The Morgan fingerprint density at radius 2 is 2.00 bits per heavy atom. The molecule has 2 aromatic carbocycles. The molecule has 0 N–H and O–H groups in total. The summed E-state index contributed by atoms with van der Waals surface area (Å²) in [6.45, 7) is 1.38. The second-order valence-electron chi connectivity index (χ2n) is 4.66. The van der Waals surface area contributed by atoms with Gasteiger partial charge in [0.05, 0.1) is 11.1 Å². The Morgan fingerprint density at radius 3 is 2.81 bits per heavy atom. The second-order valence-corrected chi connectivity index (χ2v) is 4.66. The van der Waals surface area contributed by atoms with Crippen molar-refractivity contribution >= 4 is 16.7 Å². The van der Waals surface area contributed by atoms with E-state index in [9.17, 15) is 9.18 Å². The largest absolute Gasteiger partial charge is 0.457 e. The number of rotatable bonds is 3. The van der Waals surface area contributed by atoms with E-state index in [0.29, 0.717) is 11.5 Å². The molecule has 4 heteroatoms. The summed E-state index contributed by atoms with van der Waals surface area (Å²) >= 11 is 0. The van der Waals surface area contributed by atoms with Gasteiger partial charge in [-0.15, -0.1) is 0 Å². The summed E-state index contributed by atoms with van der Waals surface area (Å²) in [4.78, 5) is 15.8. The summed E-state index contributed by atoms with van der Waals surface area (Å²) in [7, 11) is 0. The lowest BCUT2D eigenvalue weighted by Gasteiger charge is -2.10. The van der Waals surface area contributed by atoms with Crippen molar-refractivity contribution in [3.05, 3.63) is 66.1 Å². The van der Waals surface area contributed by atoms with Gasteiger partial charge in [0.2, 0.25) is 0 Å². The first kappa shape index (κ1) is 13.2. The first-order valence-corrected chi connectivity index (χ1v) is 6.46. The minimum Gasteiger partial charge on any atom is -0.457 e. The van der Waals surface area contributed by atoms with Gasteiger partial charge in [-0.2, -0.15) is 0 Å². The molecular weight excluding hydrogens is 269 g/mol. The number of Topliss-reactive ketones (excluding diaryl/α,β-unsaturated/α-hetero) is 1. The van der Waals surface area contributed by atoms with Crippen LogP contribution in [0.2, 0.25) is 0 Å². The molecule has 0 amide bonds. The van der Waals surface area contributed by atoms with Crippen LogP contribution in [0.5, 0.6) is 11.5 Å². The molecule has 21 heavy (non-hydrogen) atoms. The highest BCUT2D eigenvalue weighted by Crippen LogP contribution is 2.28. The average Bonchev–Trinajstić information content (AvgIpc) is 2.49. The number of pyridine rings is 1. The number of carbonyl (C=O) groups excluding carboxylic acids is 1. The van der Waals surface area contributed by atoms with E-state index in [1.165, 1.54) is 25.1 Å². The van der Waals surface area contributed by atoms with E-state index in [4.69, 9.17) is 4.74 Å². The summed E-state index contributed by atoms with van der Waals surface area (Å²) in [6, 6.07) is 13.2. The van der Waals surface area contributed by atoms with Crippen molar-refractivity contribution in [2.75, 3.05) is 0 Å². The van der Waals surface area contributed by atoms with Crippen LogP contribution in [0.4, 0.5) is 4.39 Å². The number of ketones is 1. The highest BCUT2D eigenvalue weighted by molar-refractivity contribution is 5.97. The number of ether oxygens (including phenoxy) is 1. The van der Waals surface area contributed by atoms with E-state index >= 15 is 0 Å². The standard InChI is InChI=1S/C17H12FNO2/c1-11(20)15-9-13(18)5-7-17(15)21-14-6-4-12-3-2-8-19-16(12)10-14/h2-10H,1H3. The number of nitrogens with zero attached hydrogens (tertiary/aromatic N) is 1. The number of halogens is 1. The van der Waals surface area contributed by atoms with Crippen LogP contribution in [0.1, 0.15) is 17.3 Å². The van der Waals surface area contributed by atoms with Crippen molar-refractivity contribution in [2.45, 2.75) is 6.92 Å². The zero-order valence-corrected chi connectivity index (χ0v) is 11.3. The third-order valence-electron chi connectivity index (χ3n) is 3.13. The fourth-order valence-corrected chi connectivity index (χ4v) is 2.10. The Bertz CT molecular complexity index is 830. The topological polar surface area (TPSA) is 39.2 Å². The number of fused-ring (bicyclic) bond motifs is 1. The minimum absolute atomic E-state index is 0.219. The molecule has 0 spiro atoms. The van der Waals surface area contributed by atoms with Gasteiger partial charge in [0, 0.05) is 17.6 Å². The summed E-state index contributed by atoms with van der Waals surface area (Å²) in [5.41, 5.74) is 1.01. The van der Waals surface area contributed by atoms with E-state index in [2.05, 4.69) is 4.98 Å². The molecular formula is C17H12FNO2. The maximum atomic E-state index is 13.2. The summed E-state index contributed by atoms with van der Waals surface area (Å²) in [6.07, 6.45) is 1.70. The Morgan fingerprint density at radius 1 is 1.14 bits per heavy atom. The second kappa shape index (κ2) is 5.32. The lowest BCUT2D eigenvalue weighted by Crippen LogP contribution is -1.98. The molecule has 0 radical (unpaired) electrons. The van der Waals surface area contributed by atoms with Gasteiger partial charge in [0.25, 0.3) is 0 Å². The van der Waals surface area contributed by atoms with Crippen molar-refractivity contribution in [2.24, 2.45) is 0 Å². The number of aromatic nitrogens is 1. The molecule has 0 fully saturated rings. The zero-order valence-electron chi connectivity index (χ0n) is 11.3. The maximum Gasteiger partial charge on any atom is 0.163 e. The van der Waals surface area contributed by atoms with Gasteiger partial charge in [-0.25, -0.2) is 4.39 Å². The van der Waals surface area contributed by atoms with Crippen molar-refractivity contribution in [1.82, 2.24) is 4.98 Å². The molecule has 0 aliphatic heterocycles. The highest BCUT2D eigenvalue weighted by atomic mass is 19.1. The molecule has 3 nitrogen and oxygen atoms in total. The monoisotopic (exact) mass is 281 g/mol. The van der Waals surface area contributed by atoms with Crippen LogP contribution < -0.4 is 4.74 Å². The van der Waals surface area contributed by atoms with E-state index in [-0.39, 0.29) is 11.3 Å². The quantitative estimate of drug-likeness (QED) is 0.669. The van der Waals surface area contributed by atoms with Gasteiger partial charge in [-0.1, -0.05) is 6.07 Å². The molecule has 0 aliphatic carbocycles. The summed E-state index contributed by atoms with van der Waals surface area (Å²) in [5.74, 6) is 0.172. The van der Waals surface area contributed by atoms with Gasteiger partial charge in [-0.3, -0.25) is 9.78 Å². The number of hydrogen-bond acceptors (Lipinski definition) is 3. The van der Waals surface area contributed by atoms with Crippen LogP contribution in [-0.4, -0.2) is 10.8 Å². The molecule has 3 aromatic rings. The van der Waals surface area contributed by atoms with Crippen molar-refractivity contribution in [3.8, 4) is 11.5 Å². The number of benzene rings is 2. The Hall–Kier alpha value is -2.75. The lowest BCUT2D eigenvalue weighted by molar-refractivity contribution is 0.101. The van der Waals surface area contributed by atoms with E-state index < -0.39 is 5.82 Å². The van der Waals surface area contributed by atoms with Gasteiger partial charge < -0.3 is 4.74 Å². The zero-order chi connectivity index (χ0) is 14.8. The fraction of sp³-hybridized carbons (Fsp3) is 0.0588. The minimum atomic E-state index is -0.465. The molecule has 104 valence electrons. The third kappa shape index (κ3) is 2.74. The van der Waals surface area contributed by atoms with E-state index in [0.717, 1.165) is 10.9 Å². The van der Waals surface area contributed by atoms with E-state index in [1.54, 1.807) is 18.3 Å². The van der Waals surface area contributed by atoms with Gasteiger partial charge >= 0.3 is 0 Å². The number of carbonyl (C=O) groups is 1. The van der Waals surface area contributed by atoms with Crippen molar-refractivity contribution in [1.29, 1.82) is 0 Å². The molecule has 0 aliphatic rings. The molecule has 0 atom stereocenters. The van der Waals surface area contributed by atoms with E-state index in [1.807, 2.05) is 18.2 Å².